The third-order valence-corrected chi connectivity index (χ3v) is 5.78. The molecule has 1 fully saturated rings. The molecule has 162 valence electrons. The summed E-state index contributed by atoms with van der Waals surface area (Å²) in [6.45, 7) is 7.79. The first-order valence-corrected chi connectivity index (χ1v) is 11.1. The summed E-state index contributed by atoms with van der Waals surface area (Å²) in [4.78, 5) is 27.3. The van der Waals surface area contributed by atoms with Gasteiger partial charge in [-0.05, 0) is 37.1 Å². The first kappa shape index (κ1) is 23.0. The lowest BCUT2D eigenvalue weighted by Crippen LogP contribution is -2.51. The van der Waals surface area contributed by atoms with Crippen molar-refractivity contribution in [2.75, 3.05) is 45.9 Å². The smallest absolute Gasteiger partial charge is 0.409 e. The molecular formula is C19H29N3O6S. The molecule has 1 N–H and O–H groups in total. The van der Waals surface area contributed by atoms with Gasteiger partial charge in [0, 0.05) is 32.7 Å². The Morgan fingerprint density at radius 3 is 2.21 bits per heavy atom. The summed E-state index contributed by atoms with van der Waals surface area (Å²) in [6.07, 6.45) is -0.367. The predicted molar refractivity (Wildman–Crippen MR) is 107 cm³/mol. The van der Waals surface area contributed by atoms with Gasteiger partial charge in [0.05, 0.1) is 11.5 Å². The molecule has 0 bridgehead atoms. The van der Waals surface area contributed by atoms with Gasteiger partial charge >= 0.3 is 6.09 Å². The lowest BCUT2D eigenvalue weighted by atomic mass is 10.2. The molecule has 0 unspecified atom stereocenters. The largest absolute Gasteiger partial charge is 0.484 e. The Hall–Kier alpha value is -2.33. The van der Waals surface area contributed by atoms with Crippen LogP contribution < -0.4 is 9.46 Å². The monoisotopic (exact) mass is 427 g/mol. The van der Waals surface area contributed by atoms with Crippen molar-refractivity contribution in [3.8, 4) is 5.75 Å². The van der Waals surface area contributed by atoms with Gasteiger partial charge in [0.1, 0.15) is 5.75 Å². The highest BCUT2D eigenvalue weighted by molar-refractivity contribution is 7.89. The molecule has 1 aromatic rings. The molecule has 1 aliphatic heterocycles. The number of rotatable bonds is 8. The lowest BCUT2D eigenvalue weighted by Gasteiger charge is -2.33. The number of sulfonamides is 1. The molecule has 0 radical (unpaired) electrons. The molecule has 0 aromatic heterocycles. The van der Waals surface area contributed by atoms with Crippen LogP contribution in [0.4, 0.5) is 4.79 Å². The van der Waals surface area contributed by atoms with Crippen LogP contribution in [0.25, 0.3) is 0 Å². The quantitative estimate of drug-likeness (QED) is 0.670. The number of nitrogens with zero attached hydrogens (tertiary/aromatic N) is 2. The molecule has 10 heteroatoms. The number of piperazine rings is 1. The van der Waals surface area contributed by atoms with Crippen molar-refractivity contribution < 1.29 is 27.5 Å². The van der Waals surface area contributed by atoms with Gasteiger partial charge in [0.2, 0.25) is 10.0 Å². The second-order valence-electron chi connectivity index (χ2n) is 7.07. The van der Waals surface area contributed by atoms with Crippen molar-refractivity contribution in [2.45, 2.75) is 25.7 Å². The Morgan fingerprint density at radius 2 is 1.66 bits per heavy atom. The summed E-state index contributed by atoms with van der Waals surface area (Å²) in [5, 5.41) is 0. The average Bonchev–Trinajstić information content (AvgIpc) is 2.71. The van der Waals surface area contributed by atoms with E-state index in [1.54, 1.807) is 16.7 Å². The molecule has 29 heavy (non-hydrogen) atoms. The van der Waals surface area contributed by atoms with Crippen molar-refractivity contribution in [3.63, 3.8) is 0 Å². The van der Waals surface area contributed by atoms with Crippen molar-refractivity contribution in [1.29, 1.82) is 0 Å². The van der Waals surface area contributed by atoms with E-state index in [-0.39, 0.29) is 29.4 Å². The van der Waals surface area contributed by atoms with Crippen molar-refractivity contribution in [2.24, 2.45) is 5.92 Å². The first-order valence-electron chi connectivity index (χ1n) is 9.65. The van der Waals surface area contributed by atoms with Gasteiger partial charge in [-0.3, -0.25) is 4.79 Å². The fraction of sp³-hybridized carbons (Fsp3) is 0.579. The van der Waals surface area contributed by atoms with E-state index in [4.69, 9.17) is 9.47 Å². The van der Waals surface area contributed by atoms with Crippen LogP contribution >= 0.6 is 0 Å². The SMILES string of the molecule is CCOC(=O)N1CCN(C(=O)COc2ccc(S(=O)(=O)NCC(C)C)cc2)CC1. The zero-order valence-electron chi connectivity index (χ0n) is 17.1. The first-order chi connectivity index (χ1) is 13.7. The topological polar surface area (TPSA) is 105 Å². The van der Waals surface area contributed by atoms with Gasteiger partial charge in [-0.25, -0.2) is 17.9 Å². The molecule has 1 saturated heterocycles. The molecule has 1 aliphatic rings. The van der Waals surface area contributed by atoms with Crippen LogP contribution in [-0.2, 0) is 19.6 Å². The molecular weight excluding hydrogens is 398 g/mol. The fourth-order valence-electron chi connectivity index (χ4n) is 2.66. The molecule has 0 aliphatic carbocycles. The van der Waals surface area contributed by atoms with E-state index in [1.165, 1.54) is 24.3 Å². The normalized spacial score (nSPS) is 14.8. The van der Waals surface area contributed by atoms with E-state index in [0.29, 0.717) is 45.1 Å². The number of carbonyl (C=O) groups excluding carboxylic acids is 2. The summed E-state index contributed by atoms with van der Waals surface area (Å²) < 4.78 is 37.4. The maximum atomic E-state index is 12.3. The number of ether oxygens (including phenoxy) is 2. The molecule has 2 amide bonds. The Labute approximate surface area is 172 Å². The molecule has 0 saturated carbocycles. The zero-order chi connectivity index (χ0) is 21.4. The highest BCUT2D eigenvalue weighted by atomic mass is 32.2. The predicted octanol–water partition coefficient (Wildman–Crippen LogP) is 1.30. The minimum atomic E-state index is -3.56. The second-order valence-corrected chi connectivity index (χ2v) is 8.84. The zero-order valence-corrected chi connectivity index (χ0v) is 17.9. The molecule has 1 heterocycles. The van der Waals surface area contributed by atoms with Crippen molar-refractivity contribution in [1.82, 2.24) is 14.5 Å². The number of hydrogen-bond acceptors (Lipinski definition) is 6. The van der Waals surface area contributed by atoms with Crippen LogP contribution in [0.15, 0.2) is 29.2 Å². The third-order valence-electron chi connectivity index (χ3n) is 4.34. The van der Waals surface area contributed by atoms with E-state index in [9.17, 15) is 18.0 Å². The molecule has 9 nitrogen and oxygen atoms in total. The van der Waals surface area contributed by atoms with Crippen LogP contribution in [0.3, 0.4) is 0 Å². The second kappa shape index (κ2) is 10.4. The number of hydrogen-bond donors (Lipinski definition) is 1. The highest BCUT2D eigenvalue weighted by Gasteiger charge is 2.25. The molecule has 0 atom stereocenters. The summed E-state index contributed by atoms with van der Waals surface area (Å²) >= 11 is 0. The van der Waals surface area contributed by atoms with Gasteiger partial charge in [-0.2, -0.15) is 0 Å². The summed E-state index contributed by atoms with van der Waals surface area (Å²) in [7, 11) is -3.56. The van der Waals surface area contributed by atoms with Crippen LogP contribution in [0.1, 0.15) is 20.8 Å². The van der Waals surface area contributed by atoms with Crippen LogP contribution in [0.2, 0.25) is 0 Å². The lowest BCUT2D eigenvalue weighted by molar-refractivity contribution is -0.134. The van der Waals surface area contributed by atoms with Gasteiger partial charge in [0.15, 0.2) is 6.61 Å². The van der Waals surface area contributed by atoms with Gasteiger partial charge in [0.25, 0.3) is 5.91 Å². The van der Waals surface area contributed by atoms with E-state index in [2.05, 4.69) is 4.72 Å². The summed E-state index contributed by atoms with van der Waals surface area (Å²) in [5.41, 5.74) is 0. The average molecular weight is 428 g/mol. The number of amides is 2. The van der Waals surface area contributed by atoms with Crippen LogP contribution in [-0.4, -0.2) is 76.2 Å². The third kappa shape index (κ3) is 6.90. The van der Waals surface area contributed by atoms with Crippen molar-refractivity contribution in [3.05, 3.63) is 24.3 Å². The van der Waals surface area contributed by atoms with E-state index < -0.39 is 10.0 Å². The number of carbonyl (C=O) groups is 2. The number of nitrogens with one attached hydrogen (secondary N) is 1. The Morgan fingerprint density at radius 1 is 1.07 bits per heavy atom. The van der Waals surface area contributed by atoms with Crippen LogP contribution in [0, 0.1) is 5.92 Å². The van der Waals surface area contributed by atoms with Gasteiger partial charge in [-0.1, -0.05) is 13.8 Å². The number of benzene rings is 1. The molecule has 2 rings (SSSR count). The van der Waals surface area contributed by atoms with E-state index in [0.717, 1.165) is 0 Å². The maximum absolute atomic E-state index is 12.3. The van der Waals surface area contributed by atoms with Gasteiger partial charge < -0.3 is 19.3 Å². The van der Waals surface area contributed by atoms with Crippen LogP contribution in [0.5, 0.6) is 5.75 Å². The maximum Gasteiger partial charge on any atom is 0.409 e. The van der Waals surface area contributed by atoms with Crippen molar-refractivity contribution >= 4 is 22.0 Å². The standard InChI is InChI=1S/C19H29N3O6S/c1-4-27-19(24)22-11-9-21(10-12-22)18(23)14-28-16-5-7-17(8-6-16)29(25,26)20-13-15(2)3/h5-8,15,20H,4,9-14H2,1-3H3. The van der Waals surface area contributed by atoms with E-state index in [1.807, 2.05) is 13.8 Å². The minimum Gasteiger partial charge on any atom is -0.484 e. The summed E-state index contributed by atoms with van der Waals surface area (Å²) in [5.74, 6) is 0.424. The highest BCUT2D eigenvalue weighted by Crippen LogP contribution is 2.16. The summed E-state index contributed by atoms with van der Waals surface area (Å²) in [6, 6.07) is 5.94. The van der Waals surface area contributed by atoms with E-state index >= 15 is 0 Å². The van der Waals surface area contributed by atoms with Gasteiger partial charge in [-0.15, -0.1) is 0 Å². The molecule has 0 spiro atoms. The molecule has 1 aromatic carbocycles. The Kier molecular flexibility index (Phi) is 8.27. The fourth-order valence-corrected chi connectivity index (χ4v) is 3.88. The Balaban J connectivity index is 1.81. The minimum absolute atomic E-state index is 0.145. The Bertz CT molecular complexity index is 787.